The average molecular weight is 254 g/mol. The van der Waals surface area contributed by atoms with Gasteiger partial charge in [-0.15, -0.1) is 0 Å². The molecular weight excluding hydrogens is 232 g/mol. The summed E-state index contributed by atoms with van der Waals surface area (Å²) in [6.07, 6.45) is 1.09. The third-order valence-corrected chi connectivity index (χ3v) is 3.34. The molecule has 0 unspecified atom stereocenters. The molecule has 2 N–H and O–H groups in total. The maximum atomic E-state index is 5.69. The number of aryl methyl sites for hydroxylation is 1. The molecule has 0 heterocycles. The van der Waals surface area contributed by atoms with E-state index in [2.05, 4.69) is 55.3 Å². The molecule has 100 valence electrons. The fourth-order valence-electron chi connectivity index (χ4n) is 2.09. The molecule has 0 atom stereocenters. The molecule has 0 spiro atoms. The molecular formula is C17H22N2. The highest BCUT2D eigenvalue weighted by Crippen LogP contribution is 2.09. The summed E-state index contributed by atoms with van der Waals surface area (Å²) in [7, 11) is 2.16. The van der Waals surface area contributed by atoms with Crippen molar-refractivity contribution in [1.82, 2.24) is 4.90 Å². The van der Waals surface area contributed by atoms with E-state index in [-0.39, 0.29) is 0 Å². The van der Waals surface area contributed by atoms with E-state index in [1.807, 2.05) is 12.1 Å². The molecule has 0 aromatic heterocycles. The van der Waals surface area contributed by atoms with Crippen molar-refractivity contribution in [3.8, 4) is 0 Å². The summed E-state index contributed by atoms with van der Waals surface area (Å²) < 4.78 is 0. The van der Waals surface area contributed by atoms with E-state index >= 15 is 0 Å². The Hall–Kier alpha value is -1.80. The molecule has 0 amide bonds. The molecule has 0 aliphatic heterocycles. The number of anilines is 1. The van der Waals surface area contributed by atoms with Crippen molar-refractivity contribution in [3.63, 3.8) is 0 Å². The molecule has 2 aromatic rings. The number of hydrogen-bond donors (Lipinski definition) is 1. The van der Waals surface area contributed by atoms with Crippen molar-refractivity contribution in [3.05, 3.63) is 65.2 Å². The zero-order valence-electron chi connectivity index (χ0n) is 11.8. The predicted octanol–water partition coefficient (Wildman–Crippen LogP) is 3.25. The molecule has 0 aliphatic carbocycles. The largest absolute Gasteiger partial charge is 0.399 e. The minimum atomic E-state index is 0.825. The summed E-state index contributed by atoms with van der Waals surface area (Å²) in [5.41, 5.74) is 10.5. The average Bonchev–Trinajstić information content (AvgIpc) is 2.41. The lowest BCUT2D eigenvalue weighted by Gasteiger charge is -2.16. The van der Waals surface area contributed by atoms with Crippen molar-refractivity contribution in [2.24, 2.45) is 0 Å². The first-order valence-corrected chi connectivity index (χ1v) is 6.72. The Balaban J connectivity index is 1.82. The maximum Gasteiger partial charge on any atom is 0.0314 e. The normalized spacial score (nSPS) is 10.9. The van der Waals surface area contributed by atoms with Crippen LogP contribution in [-0.2, 0) is 13.0 Å². The van der Waals surface area contributed by atoms with Crippen LogP contribution in [0.3, 0.4) is 0 Å². The number of nitrogen functional groups attached to an aromatic ring is 1. The predicted molar refractivity (Wildman–Crippen MR) is 82.1 cm³/mol. The third kappa shape index (κ3) is 4.42. The Morgan fingerprint density at radius 1 is 0.895 bits per heavy atom. The minimum absolute atomic E-state index is 0.825. The van der Waals surface area contributed by atoms with E-state index in [4.69, 9.17) is 5.73 Å². The van der Waals surface area contributed by atoms with Crippen LogP contribution in [0.25, 0.3) is 0 Å². The zero-order chi connectivity index (χ0) is 13.7. The lowest BCUT2D eigenvalue weighted by atomic mass is 10.1. The Bertz CT molecular complexity index is 500. The van der Waals surface area contributed by atoms with Gasteiger partial charge in [0.05, 0.1) is 0 Å². The molecule has 0 aliphatic rings. The van der Waals surface area contributed by atoms with Gasteiger partial charge >= 0.3 is 0 Å². The van der Waals surface area contributed by atoms with Gasteiger partial charge in [0.15, 0.2) is 0 Å². The topological polar surface area (TPSA) is 29.3 Å². The third-order valence-electron chi connectivity index (χ3n) is 3.34. The highest BCUT2D eigenvalue weighted by Gasteiger charge is 2.01. The highest BCUT2D eigenvalue weighted by molar-refractivity contribution is 5.39. The Morgan fingerprint density at radius 3 is 2.11 bits per heavy atom. The van der Waals surface area contributed by atoms with Crippen LogP contribution in [0.5, 0.6) is 0 Å². The molecule has 2 nitrogen and oxygen atoms in total. The van der Waals surface area contributed by atoms with Crippen molar-refractivity contribution in [2.45, 2.75) is 19.9 Å². The van der Waals surface area contributed by atoms with Gasteiger partial charge in [0.25, 0.3) is 0 Å². The SMILES string of the molecule is Cc1ccc(CCN(C)Cc2ccc(N)cc2)cc1. The van der Waals surface area contributed by atoms with Gasteiger partial charge in [0.2, 0.25) is 0 Å². The van der Waals surface area contributed by atoms with Crippen molar-refractivity contribution >= 4 is 5.69 Å². The summed E-state index contributed by atoms with van der Waals surface area (Å²) in [4.78, 5) is 2.34. The molecule has 0 fully saturated rings. The molecule has 2 aromatic carbocycles. The van der Waals surface area contributed by atoms with Gasteiger partial charge in [0, 0.05) is 18.8 Å². The van der Waals surface area contributed by atoms with Crippen LogP contribution in [0.2, 0.25) is 0 Å². The number of nitrogens with two attached hydrogens (primary N) is 1. The number of rotatable bonds is 5. The van der Waals surface area contributed by atoms with E-state index in [1.54, 1.807) is 0 Å². The molecule has 2 rings (SSSR count). The summed E-state index contributed by atoms with van der Waals surface area (Å²) in [5.74, 6) is 0. The first-order chi connectivity index (χ1) is 9.13. The van der Waals surface area contributed by atoms with Crippen molar-refractivity contribution in [1.29, 1.82) is 0 Å². The number of nitrogens with zero attached hydrogens (tertiary/aromatic N) is 1. The monoisotopic (exact) mass is 254 g/mol. The van der Waals surface area contributed by atoms with Crippen LogP contribution in [-0.4, -0.2) is 18.5 Å². The van der Waals surface area contributed by atoms with Gasteiger partial charge < -0.3 is 10.6 Å². The second-order valence-corrected chi connectivity index (χ2v) is 5.21. The number of likely N-dealkylation sites (N-methyl/N-ethyl adjacent to an activating group) is 1. The Labute approximate surface area is 115 Å². The highest BCUT2D eigenvalue weighted by atomic mass is 15.1. The van der Waals surface area contributed by atoms with Gasteiger partial charge in [-0.1, -0.05) is 42.0 Å². The molecule has 0 saturated carbocycles. The van der Waals surface area contributed by atoms with Crippen LogP contribution in [0.1, 0.15) is 16.7 Å². The molecule has 0 radical (unpaired) electrons. The van der Waals surface area contributed by atoms with Gasteiger partial charge in [0.1, 0.15) is 0 Å². The molecule has 0 bridgehead atoms. The molecule has 19 heavy (non-hydrogen) atoms. The standard InChI is InChI=1S/C17H22N2/c1-14-3-5-15(6-4-14)11-12-19(2)13-16-7-9-17(18)10-8-16/h3-10H,11-13,18H2,1-2H3. The van der Waals surface area contributed by atoms with E-state index in [0.717, 1.165) is 25.2 Å². The summed E-state index contributed by atoms with van der Waals surface area (Å²) in [5, 5.41) is 0. The fourth-order valence-corrected chi connectivity index (χ4v) is 2.09. The lowest BCUT2D eigenvalue weighted by molar-refractivity contribution is 0.331. The van der Waals surface area contributed by atoms with Crippen LogP contribution < -0.4 is 5.73 Å². The second-order valence-electron chi connectivity index (χ2n) is 5.21. The van der Waals surface area contributed by atoms with Gasteiger partial charge in [-0.25, -0.2) is 0 Å². The molecule has 2 heteroatoms. The quantitative estimate of drug-likeness (QED) is 0.830. The van der Waals surface area contributed by atoms with Crippen molar-refractivity contribution < 1.29 is 0 Å². The number of benzene rings is 2. The van der Waals surface area contributed by atoms with Crippen LogP contribution in [0, 0.1) is 6.92 Å². The van der Waals surface area contributed by atoms with Gasteiger partial charge in [-0.05, 0) is 43.7 Å². The number of hydrogen-bond acceptors (Lipinski definition) is 2. The maximum absolute atomic E-state index is 5.69. The van der Waals surface area contributed by atoms with Crippen LogP contribution >= 0.6 is 0 Å². The Kier molecular flexibility index (Phi) is 4.58. The van der Waals surface area contributed by atoms with Crippen LogP contribution in [0.15, 0.2) is 48.5 Å². The fraction of sp³-hybridized carbons (Fsp3) is 0.294. The second kappa shape index (κ2) is 6.39. The smallest absolute Gasteiger partial charge is 0.0314 e. The first-order valence-electron chi connectivity index (χ1n) is 6.72. The van der Waals surface area contributed by atoms with Crippen LogP contribution in [0.4, 0.5) is 5.69 Å². The first kappa shape index (κ1) is 13.6. The summed E-state index contributed by atoms with van der Waals surface area (Å²) in [6.45, 7) is 4.15. The van der Waals surface area contributed by atoms with Crippen molar-refractivity contribution in [2.75, 3.05) is 19.3 Å². The van der Waals surface area contributed by atoms with E-state index in [1.165, 1.54) is 16.7 Å². The Morgan fingerprint density at radius 2 is 1.47 bits per heavy atom. The zero-order valence-corrected chi connectivity index (χ0v) is 11.8. The van der Waals surface area contributed by atoms with E-state index in [0.29, 0.717) is 0 Å². The summed E-state index contributed by atoms with van der Waals surface area (Å²) >= 11 is 0. The summed E-state index contributed by atoms with van der Waals surface area (Å²) in [6, 6.07) is 16.9. The van der Waals surface area contributed by atoms with E-state index < -0.39 is 0 Å². The molecule has 0 saturated heterocycles. The lowest BCUT2D eigenvalue weighted by Crippen LogP contribution is -2.20. The van der Waals surface area contributed by atoms with Gasteiger partial charge in [-0.2, -0.15) is 0 Å². The van der Waals surface area contributed by atoms with Gasteiger partial charge in [-0.3, -0.25) is 0 Å². The minimum Gasteiger partial charge on any atom is -0.399 e. The van der Waals surface area contributed by atoms with E-state index in [9.17, 15) is 0 Å².